The summed E-state index contributed by atoms with van der Waals surface area (Å²) in [6, 6.07) is 0.252. The van der Waals surface area contributed by atoms with E-state index < -0.39 is 11.8 Å². The van der Waals surface area contributed by atoms with Crippen molar-refractivity contribution < 1.29 is 9.59 Å². The van der Waals surface area contributed by atoms with Crippen LogP contribution in [0.5, 0.6) is 0 Å². The number of amides is 2. The maximum Gasteiger partial charge on any atom is 0.323 e. The van der Waals surface area contributed by atoms with E-state index in [9.17, 15) is 9.59 Å². The minimum absolute atomic E-state index is 0.252. The fourth-order valence-electron chi connectivity index (χ4n) is 1.37. The second-order valence-corrected chi connectivity index (χ2v) is 4.06. The zero-order valence-corrected chi connectivity index (χ0v) is 8.62. The number of nitrogens with one attached hydrogen (secondary N) is 1. The average molecular weight is 199 g/mol. The van der Waals surface area contributed by atoms with Crippen LogP contribution in [0.15, 0.2) is 0 Å². The van der Waals surface area contributed by atoms with Crippen molar-refractivity contribution in [1.82, 2.24) is 10.3 Å². The zero-order chi connectivity index (χ0) is 10.7. The molecule has 80 valence electrons. The molecule has 0 atom stereocenters. The molecule has 0 aromatic heterocycles. The predicted molar refractivity (Wildman–Crippen MR) is 51.9 cm³/mol. The molecular formula is C9H17N3O2. The van der Waals surface area contributed by atoms with Crippen LogP contribution in [-0.2, 0) is 9.59 Å². The zero-order valence-electron chi connectivity index (χ0n) is 8.62. The van der Waals surface area contributed by atoms with E-state index in [1.807, 2.05) is 19.3 Å². The van der Waals surface area contributed by atoms with Crippen LogP contribution in [0, 0.1) is 5.92 Å². The summed E-state index contributed by atoms with van der Waals surface area (Å²) in [7, 11) is 0. The highest BCUT2D eigenvalue weighted by Crippen LogP contribution is 2.27. The molecule has 5 nitrogen and oxygen atoms in total. The molecular weight excluding hydrogens is 182 g/mol. The number of hydrogen-bond donors (Lipinski definition) is 2. The molecule has 2 amide bonds. The first-order valence-electron chi connectivity index (χ1n) is 4.87. The highest BCUT2D eigenvalue weighted by Gasteiger charge is 2.35. The Labute approximate surface area is 83.6 Å². The molecule has 0 bridgehead atoms. The summed E-state index contributed by atoms with van der Waals surface area (Å²) >= 11 is 0. The number of rotatable bonds is 3. The van der Waals surface area contributed by atoms with Gasteiger partial charge >= 0.3 is 11.8 Å². The van der Waals surface area contributed by atoms with Crippen molar-refractivity contribution >= 4 is 11.8 Å². The number of hydrazine groups is 1. The van der Waals surface area contributed by atoms with Gasteiger partial charge < -0.3 is 4.90 Å². The van der Waals surface area contributed by atoms with Crippen LogP contribution in [0.3, 0.4) is 0 Å². The molecule has 0 heterocycles. The normalized spacial score (nSPS) is 15.4. The topological polar surface area (TPSA) is 75.4 Å². The Morgan fingerprint density at radius 3 is 2.43 bits per heavy atom. The van der Waals surface area contributed by atoms with Crippen LogP contribution >= 0.6 is 0 Å². The Hall–Kier alpha value is -1.10. The van der Waals surface area contributed by atoms with Crippen molar-refractivity contribution in [3.8, 4) is 0 Å². The molecule has 0 radical (unpaired) electrons. The second-order valence-electron chi connectivity index (χ2n) is 4.06. The summed E-state index contributed by atoms with van der Waals surface area (Å²) in [6.45, 7) is 4.66. The lowest BCUT2D eigenvalue weighted by Gasteiger charge is -2.23. The molecule has 5 heteroatoms. The molecule has 0 spiro atoms. The fraction of sp³-hybridized carbons (Fsp3) is 0.778. The quantitative estimate of drug-likeness (QED) is 0.282. The van der Waals surface area contributed by atoms with Crippen molar-refractivity contribution in [1.29, 1.82) is 0 Å². The Bertz CT molecular complexity index is 236. The fourth-order valence-corrected chi connectivity index (χ4v) is 1.37. The summed E-state index contributed by atoms with van der Waals surface area (Å²) in [5, 5.41) is 0. The lowest BCUT2D eigenvalue weighted by atomic mass is 10.2. The molecule has 1 rings (SSSR count). The van der Waals surface area contributed by atoms with Gasteiger partial charge in [0, 0.05) is 12.6 Å². The van der Waals surface area contributed by atoms with Crippen LogP contribution < -0.4 is 11.3 Å². The van der Waals surface area contributed by atoms with E-state index in [0.717, 1.165) is 12.8 Å². The van der Waals surface area contributed by atoms with Crippen molar-refractivity contribution in [2.75, 3.05) is 6.54 Å². The van der Waals surface area contributed by atoms with Crippen LogP contribution in [0.25, 0.3) is 0 Å². The van der Waals surface area contributed by atoms with Crippen LogP contribution in [0.2, 0.25) is 0 Å². The minimum Gasteiger partial charge on any atom is -0.331 e. The Morgan fingerprint density at radius 2 is 2.07 bits per heavy atom. The molecule has 1 fully saturated rings. The van der Waals surface area contributed by atoms with Gasteiger partial charge in [-0.2, -0.15) is 0 Å². The number of hydrogen-bond acceptors (Lipinski definition) is 3. The maximum atomic E-state index is 11.5. The van der Waals surface area contributed by atoms with E-state index in [2.05, 4.69) is 0 Å². The lowest BCUT2D eigenvalue weighted by Crippen LogP contribution is -2.47. The molecule has 0 aromatic carbocycles. The van der Waals surface area contributed by atoms with E-state index in [4.69, 9.17) is 5.84 Å². The van der Waals surface area contributed by atoms with E-state index in [1.165, 1.54) is 0 Å². The third-order valence-electron chi connectivity index (χ3n) is 2.14. The minimum atomic E-state index is -0.724. The summed E-state index contributed by atoms with van der Waals surface area (Å²) in [5.74, 6) is 4.05. The standard InChI is InChI=1S/C9H17N3O2/c1-6(2)5-12(7-3-4-7)9(14)8(13)11-10/h6-7H,3-5,10H2,1-2H3,(H,11,13). The van der Waals surface area contributed by atoms with E-state index in [0.29, 0.717) is 12.5 Å². The molecule has 1 saturated carbocycles. The van der Waals surface area contributed by atoms with Gasteiger partial charge in [0.2, 0.25) is 0 Å². The molecule has 14 heavy (non-hydrogen) atoms. The van der Waals surface area contributed by atoms with Gasteiger partial charge in [-0.1, -0.05) is 13.8 Å². The predicted octanol–water partition coefficient (Wildman–Crippen LogP) is -0.377. The van der Waals surface area contributed by atoms with Crippen molar-refractivity contribution in [2.45, 2.75) is 32.7 Å². The molecule has 3 N–H and O–H groups in total. The van der Waals surface area contributed by atoms with Gasteiger partial charge in [-0.15, -0.1) is 0 Å². The van der Waals surface area contributed by atoms with Crippen LogP contribution in [0.4, 0.5) is 0 Å². The number of nitrogens with zero attached hydrogens (tertiary/aromatic N) is 1. The molecule has 0 aliphatic heterocycles. The molecule has 1 aliphatic carbocycles. The third kappa shape index (κ3) is 2.70. The molecule has 0 aromatic rings. The van der Waals surface area contributed by atoms with Gasteiger partial charge in [0.1, 0.15) is 0 Å². The van der Waals surface area contributed by atoms with Gasteiger partial charge in [0.25, 0.3) is 0 Å². The van der Waals surface area contributed by atoms with Crippen LogP contribution in [0.1, 0.15) is 26.7 Å². The molecule has 1 aliphatic rings. The lowest BCUT2D eigenvalue weighted by molar-refractivity contribution is -0.146. The first-order chi connectivity index (χ1) is 6.56. The average Bonchev–Trinajstić information content (AvgIpc) is 2.94. The smallest absolute Gasteiger partial charge is 0.323 e. The second kappa shape index (κ2) is 4.41. The van der Waals surface area contributed by atoms with E-state index in [-0.39, 0.29) is 6.04 Å². The molecule has 0 unspecified atom stereocenters. The summed E-state index contributed by atoms with van der Waals surface area (Å²) in [4.78, 5) is 24.2. The Balaban J connectivity index is 2.57. The number of carbonyl (C=O) groups excluding carboxylic acids is 2. The van der Waals surface area contributed by atoms with E-state index >= 15 is 0 Å². The SMILES string of the molecule is CC(C)CN(C(=O)C(=O)NN)C1CC1. The summed E-state index contributed by atoms with van der Waals surface area (Å²) in [6.07, 6.45) is 1.99. The van der Waals surface area contributed by atoms with Crippen molar-refractivity contribution in [3.63, 3.8) is 0 Å². The highest BCUT2D eigenvalue weighted by atomic mass is 16.2. The Morgan fingerprint density at radius 1 is 1.50 bits per heavy atom. The number of nitrogens with two attached hydrogens (primary N) is 1. The van der Waals surface area contributed by atoms with Gasteiger partial charge in [-0.3, -0.25) is 15.0 Å². The first kappa shape index (κ1) is 11.0. The largest absolute Gasteiger partial charge is 0.331 e. The summed E-state index contributed by atoms with van der Waals surface area (Å²) in [5.41, 5.74) is 1.87. The monoisotopic (exact) mass is 199 g/mol. The Kier molecular flexibility index (Phi) is 3.46. The van der Waals surface area contributed by atoms with Crippen molar-refractivity contribution in [2.24, 2.45) is 11.8 Å². The van der Waals surface area contributed by atoms with E-state index in [1.54, 1.807) is 4.90 Å². The number of carbonyl (C=O) groups is 2. The van der Waals surface area contributed by atoms with Gasteiger partial charge in [-0.05, 0) is 18.8 Å². The maximum absolute atomic E-state index is 11.5. The third-order valence-corrected chi connectivity index (χ3v) is 2.14. The summed E-state index contributed by atoms with van der Waals surface area (Å²) < 4.78 is 0. The highest BCUT2D eigenvalue weighted by molar-refractivity contribution is 6.34. The van der Waals surface area contributed by atoms with Gasteiger partial charge in [0.05, 0.1) is 0 Å². The first-order valence-corrected chi connectivity index (χ1v) is 4.87. The van der Waals surface area contributed by atoms with Crippen molar-refractivity contribution in [3.05, 3.63) is 0 Å². The van der Waals surface area contributed by atoms with Gasteiger partial charge in [-0.25, -0.2) is 5.84 Å². The van der Waals surface area contributed by atoms with Gasteiger partial charge in [0.15, 0.2) is 0 Å². The molecule has 0 saturated heterocycles. The van der Waals surface area contributed by atoms with Crippen LogP contribution in [-0.4, -0.2) is 29.3 Å².